The Bertz CT molecular complexity index is 693. The number of aromatic carboxylic acids is 1. The summed E-state index contributed by atoms with van der Waals surface area (Å²) in [6.07, 6.45) is 0. The lowest BCUT2D eigenvalue weighted by Gasteiger charge is -2.12. The summed E-state index contributed by atoms with van der Waals surface area (Å²) >= 11 is 5.97. The molecule has 0 radical (unpaired) electrons. The van der Waals surface area contributed by atoms with Crippen LogP contribution < -0.4 is 0 Å². The predicted molar refractivity (Wildman–Crippen MR) is 77.5 cm³/mol. The molecule has 0 atom stereocenters. The molecule has 0 fully saturated rings. The fraction of sp³-hybridized carbons (Fsp3) is 0.333. The van der Waals surface area contributed by atoms with Gasteiger partial charge < -0.3 is 9.63 Å². The van der Waals surface area contributed by atoms with Gasteiger partial charge in [0.05, 0.1) is 0 Å². The van der Waals surface area contributed by atoms with E-state index >= 15 is 0 Å². The predicted octanol–water partition coefficient (Wildman–Crippen LogP) is 4.51. The molecule has 2 rings (SSSR count). The minimum absolute atomic E-state index is 0.120. The van der Waals surface area contributed by atoms with E-state index in [0.29, 0.717) is 10.6 Å². The van der Waals surface area contributed by atoms with Crippen molar-refractivity contribution in [2.45, 2.75) is 33.4 Å². The molecule has 1 heterocycles. The fourth-order valence-electron chi connectivity index (χ4n) is 2.35. The van der Waals surface area contributed by atoms with Crippen molar-refractivity contribution in [2.75, 3.05) is 0 Å². The zero-order valence-corrected chi connectivity index (χ0v) is 12.9. The number of hydrogen-bond donors (Lipinski definition) is 1. The molecule has 0 aliphatic heterocycles. The Kier molecular flexibility index (Phi) is 3.80. The van der Waals surface area contributed by atoms with Gasteiger partial charge in [0.15, 0.2) is 11.4 Å². The second kappa shape index (κ2) is 5.15. The molecule has 2 aromatic rings. The Labute approximate surface area is 126 Å². The van der Waals surface area contributed by atoms with Crippen LogP contribution in [0.1, 0.15) is 41.1 Å². The average molecular weight is 312 g/mol. The molecule has 0 aliphatic carbocycles. The van der Waals surface area contributed by atoms with E-state index in [9.17, 15) is 14.3 Å². The number of carbonyl (C=O) groups is 1. The Morgan fingerprint density at radius 1 is 1.33 bits per heavy atom. The van der Waals surface area contributed by atoms with E-state index in [1.807, 2.05) is 0 Å². The summed E-state index contributed by atoms with van der Waals surface area (Å²) in [7, 11) is 0. The maximum absolute atomic E-state index is 14.1. The molecular weight excluding hydrogens is 297 g/mol. The summed E-state index contributed by atoms with van der Waals surface area (Å²) in [6, 6.07) is 3.40. The summed E-state index contributed by atoms with van der Waals surface area (Å²) < 4.78 is 19.1. The van der Waals surface area contributed by atoms with Gasteiger partial charge >= 0.3 is 5.97 Å². The first kappa shape index (κ1) is 15.5. The van der Waals surface area contributed by atoms with Crippen LogP contribution in [0.15, 0.2) is 16.7 Å². The van der Waals surface area contributed by atoms with Crippen molar-refractivity contribution in [3.63, 3.8) is 0 Å². The molecule has 0 aliphatic rings. The summed E-state index contributed by atoms with van der Waals surface area (Å²) in [5.74, 6) is -1.57. The van der Waals surface area contributed by atoms with Gasteiger partial charge in [-0.15, -0.1) is 0 Å². The van der Waals surface area contributed by atoms with Crippen LogP contribution in [0.4, 0.5) is 4.39 Å². The Hall–Kier alpha value is -1.88. The Morgan fingerprint density at radius 2 is 1.86 bits per heavy atom. The van der Waals surface area contributed by atoms with Gasteiger partial charge in [0, 0.05) is 10.6 Å². The topological polar surface area (TPSA) is 63.3 Å². The van der Waals surface area contributed by atoms with E-state index in [2.05, 4.69) is 5.16 Å². The molecule has 1 aromatic carbocycles. The number of halogens is 2. The van der Waals surface area contributed by atoms with Gasteiger partial charge in [-0.05, 0) is 51.0 Å². The van der Waals surface area contributed by atoms with Crippen LogP contribution in [0, 0.1) is 13.8 Å². The van der Waals surface area contributed by atoms with Crippen LogP contribution in [0.2, 0.25) is 5.02 Å². The second-order valence-electron chi connectivity index (χ2n) is 5.43. The van der Waals surface area contributed by atoms with Crippen LogP contribution in [-0.2, 0) is 5.67 Å². The maximum Gasteiger partial charge on any atom is 0.341 e. The molecule has 112 valence electrons. The molecule has 1 aromatic heterocycles. The highest BCUT2D eigenvalue weighted by Crippen LogP contribution is 2.37. The summed E-state index contributed by atoms with van der Waals surface area (Å²) in [6.45, 7) is 6.03. The number of rotatable bonds is 3. The molecule has 0 saturated heterocycles. The molecule has 0 saturated carbocycles. The number of aryl methyl sites for hydroxylation is 2. The number of benzene rings is 1. The Morgan fingerprint density at radius 3 is 2.29 bits per heavy atom. The van der Waals surface area contributed by atoms with E-state index in [1.165, 1.54) is 13.8 Å². The van der Waals surface area contributed by atoms with Crippen LogP contribution >= 0.6 is 11.6 Å². The number of carboxylic acid groups (broad SMARTS) is 1. The monoisotopic (exact) mass is 311 g/mol. The number of alkyl halides is 1. The van der Waals surface area contributed by atoms with Crippen LogP contribution in [0.5, 0.6) is 0 Å². The Balaban J connectivity index is 2.78. The standard InChI is InChI=1S/C15H15ClFNO3/c1-7-5-9(16)6-8(2)10(7)12-11(14(19)20)13(21-18-12)15(3,4)17/h5-6H,1-4H3,(H,19,20). The van der Waals surface area contributed by atoms with Gasteiger partial charge in [-0.1, -0.05) is 16.8 Å². The van der Waals surface area contributed by atoms with E-state index < -0.39 is 11.6 Å². The molecular formula is C15H15ClFNO3. The van der Waals surface area contributed by atoms with E-state index in [-0.39, 0.29) is 17.0 Å². The highest BCUT2D eigenvalue weighted by atomic mass is 35.5. The quantitative estimate of drug-likeness (QED) is 0.905. The van der Waals surface area contributed by atoms with Gasteiger partial charge in [0.2, 0.25) is 0 Å². The zero-order chi connectivity index (χ0) is 15.9. The lowest BCUT2D eigenvalue weighted by Crippen LogP contribution is -2.14. The van der Waals surface area contributed by atoms with Crippen molar-refractivity contribution in [3.8, 4) is 11.3 Å². The SMILES string of the molecule is Cc1cc(Cl)cc(C)c1-c1noc(C(C)(C)F)c1C(=O)O. The lowest BCUT2D eigenvalue weighted by atomic mass is 9.94. The number of carboxylic acids is 1. The first-order valence-corrected chi connectivity index (χ1v) is 6.70. The largest absolute Gasteiger partial charge is 0.477 e. The van der Waals surface area contributed by atoms with Crippen molar-refractivity contribution < 1.29 is 18.8 Å². The van der Waals surface area contributed by atoms with E-state index in [1.54, 1.807) is 26.0 Å². The third kappa shape index (κ3) is 2.78. The fourth-order valence-corrected chi connectivity index (χ4v) is 2.68. The molecule has 0 amide bonds. The number of hydrogen-bond acceptors (Lipinski definition) is 3. The zero-order valence-electron chi connectivity index (χ0n) is 12.1. The smallest absolute Gasteiger partial charge is 0.341 e. The van der Waals surface area contributed by atoms with Crippen molar-refractivity contribution in [1.82, 2.24) is 5.16 Å². The van der Waals surface area contributed by atoms with Crippen LogP contribution in [-0.4, -0.2) is 16.2 Å². The molecule has 4 nitrogen and oxygen atoms in total. The minimum atomic E-state index is -1.94. The van der Waals surface area contributed by atoms with E-state index in [4.69, 9.17) is 16.1 Å². The average Bonchev–Trinajstić information content (AvgIpc) is 2.71. The molecule has 0 unspecified atom stereocenters. The summed E-state index contributed by atoms with van der Waals surface area (Å²) in [5.41, 5.74) is 0.0210. The number of nitrogens with zero attached hydrogens (tertiary/aromatic N) is 1. The molecule has 0 spiro atoms. The first-order chi connectivity index (χ1) is 9.62. The van der Waals surface area contributed by atoms with Crippen LogP contribution in [0.25, 0.3) is 11.3 Å². The van der Waals surface area contributed by atoms with Crippen molar-refractivity contribution in [1.29, 1.82) is 0 Å². The highest BCUT2D eigenvalue weighted by molar-refractivity contribution is 6.30. The van der Waals surface area contributed by atoms with Crippen LogP contribution in [0.3, 0.4) is 0 Å². The lowest BCUT2D eigenvalue weighted by molar-refractivity contribution is 0.0683. The molecule has 0 bridgehead atoms. The third-order valence-corrected chi connectivity index (χ3v) is 3.40. The van der Waals surface area contributed by atoms with Gasteiger partial charge in [-0.25, -0.2) is 9.18 Å². The molecule has 21 heavy (non-hydrogen) atoms. The van der Waals surface area contributed by atoms with Crippen molar-refractivity contribution in [3.05, 3.63) is 39.6 Å². The molecule has 6 heteroatoms. The maximum atomic E-state index is 14.1. The summed E-state index contributed by atoms with van der Waals surface area (Å²) in [5, 5.41) is 13.7. The van der Waals surface area contributed by atoms with Crippen molar-refractivity contribution >= 4 is 17.6 Å². The number of aromatic nitrogens is 1. The first-order valence-electron chi connectivity index (χ1n) is 6.32. The van der Waals surface area contributed by atoms with Gasteiger partial charge in [0.1, 0.15) is 11.3 Å². The highest BCUT2D eigenvalue weighted by Gasteiger charge is 2.35. The summed E-state index contributed by atoms with van der Waals surface area (Å²) in [4.78, 5) is 11.5. The van der Waals surface area contributed by atoms with E-state index in [0.717, 1.165) is 11.1 Å². The van der Waals surface area contributed by atoms with Crippen molar-refractivity contribution in [2.24, 2.45) is 0 Å². The third-order valence-electron chi connectivity index (χ3n) is 3.18. The second-order valence-corrected chi connectivity index (χ2v) is 5.86. The molecule has 1 N–H and O–H groups in total. The van der Waals surface area contributed by atoms with Gasteiger partial charge in [-0.2, -0.15) is 0 Å². The minimum Gasteiger partial charge on any atom is -0.477 e. The van der Waals surface area contributed by atoms with Gasteiger partial charge in [-0.3, -0.25) is 0 Å². The van der Waals surface area contributed by atoms with Gasteiger partial charge in [0.25, 0.3) is 0 Å². The normalized spacial score (nSPS) is 11.7.